The van der Waals surface area contributed by atoms with Crippen LogP contribution in [-0.2, 0) is 0 Å². The molecule has 1 aromatic carbocycles. The molecular formula is C12H18ClNS. The van der Waals surface area contributed by atoms with Gasteiger partial charge in [0.2, 0.25) is 0 Å². The number of aryl methyl sites for hydroxylation is 1. The van der Waals surface area contributed by atoms with Crippen molar-refractivity contribution in [1.82, 2.24) is 5.32 Å². The lowest BCUT2D eigenvalue weighted by atomic mass is 10.2. The lowest BCUT2D eigenvalue weighted by Gasteiger charge is -2.09. The molecule has 1 nitrogen and oxygen atoms in total. The van der Waals surface area contributed by atoms with Gasteiger partial charge in [-0.1, -0.05) is 17.7 Å². The summed E-state index contributed by atoms with van der Waals surface area (Å²) >= 11 is 1.96. The summed E-state index contributed by atoms with van der Waals surface area (Å²) in [7, 11) is 0. The smallest absolute Gasteiger partial charge is 0.0162 e. The van der Waals surface area contributed by atoms with E-state index >= 15 is 0 Å². The van der Waals surface area contributed by atoms with E-state index in [4.69, 9.17) is 0 Å². The number of halogens is 1. The molecule has 1 aliphatic heterocycles. The maximum absolute atomic E-state index is 3.52. The topological polar surface area (TPSA) is 12.0 Å². The maximum atomic E-state index is 3.52. The van der Waals surface area contributed by atoms with Crippen molar-refractivity contribution < 1.29 is 0 Å². The second-order valence-electron chi connectivity index (χ2n) is 3.92. The summed E-state index contributed by atoms with van der Waals surface area (Å²) in [5, 5.41) is 3.52. The fraction of sp³-hybridized carbons (Fsp3) is 0.500. The molecule has 1 aliphatic rings. The van der Waals surface area contributed by atoms with Gasteiger partial charge in [0, 0.05) is 16.7 Å². The molecule has 3 heteroatoms. The van der Waals surface area contributed by atoms with Crippen LogP contribution in [0.25, 0.3) is 0 Å². The Morgan fingerprint density at radius 1 is 1.33 bits per heavy atom. The van der Waals surface area contributed by atoms with Crippen molar-refractivity contribution in [1.29, 1.82) is 0 Å². The van der Waals surface area contributed by atoms with Crippen LogP contribution in [-0.4, -0.2) is 18.3 Å². The predicted molar refractivity (Wildman–Crippen MR) is 70.2 cm³/mol. The Hall–Kier alpha value is -0.180. The van der Waals surface area contributed by atoms with Crippen LogP contribution in [0.5, 0.6) is 0 Å². The first-order valence-corrected chi connectivity index (χ1v) is 6.26. The SMILES string of the molecule is Cc1ccc(SCC2CCCN2)cc1.Cl. The molecule has 0 spiro atoms. The molecule has 1 N–H and O–H groups in total. The minimum Gasteiger partial charge on any atom is -0.313 e. The van der Waals surface area contributed by atoms with E-state index in [1.807, 2.05) is 11.8 Å². The first kappa shape index (κ1) is 12.9. The summed E-state index contributed by atoms with van der Waals surface area (Å²) in [6, 6.07) is 9.54. The molecule has 1 aromatic rings. The molecule has 1 saturated heterocycles. The first-order valence-electron chi connectivity index (χ1n) is 5.27. The van der Waals surface area contributed by atoms with Gasteiger partial charge in [0.1, 0.15) is 0 Å². The Bertz CT molecular complexity index is 280. The zero-order chi connectivity index (χ0) is 9.80. The van der Waals surface area contributed by atoms with Crippen LogP contribution >= 0.6 is 24.2 Å². The van der Waals surface area contributed by atoms with Crippen molar-refractivity contribution in [3.8, 4) is 0 Å². The molecule has 1 heterocycles. The number of hydrogen-bond acceptors (Lipinski definition) is 2. The molecule has 0 radical (unpaired) electrons. The van der Waals surface area contributed by atoms with Gasteiger partial charge in [-0.2, -0.15) is 0 Å². The monoisotopic (exact) mass is 243 g/mol. The Labute approximate surface area is 102 Å². The third-order valence-corrected chi connectivity index (χ3v) is 3.81. The van der Waals surface area contributed by atoms with Crippen molar-refractivity contribution >= 4 is 24.2 Å². The standard InChI is InChI=1S/C12H17NS.ClH/c1-10-4-6-12(7-5-10)14-9-11-3-2-8-13-11;/h4-7,11,13H,2-3,8-9H2,1H3;1H. The predicted octanol–water partition coefficient (Wildman–Crippen LogP) is 3.26. The van der Waals surface area contributed by atoms with Crippen LogP contribution in [0.4, 0.5) is 0 Å². The van der Waals surface area contributed by atoms with E-state index in [-0.39, 0.29) is 12.4 Å². The molecule has 0 amide bonds. The van der Waals surface area contributed by atoms with Gasteiger partial charge in [0.25, 0.3) is 0 Å². The summed E-state index contributed by atoms with van der Waals surface area (Å²) in [6.45, 7) is 3.34. The molecule has 15 heavy (non-hydrogen) atoms. The van der Waals surface area contributed by atoms with E-state index < -0.39 is 0 Å². The van der Waals surface area contributed by atoms with Crippen LogP contribution in [0.1, 0.15) is 18.4 Å². The highest BCUT2D eigenvalue weighted by atomic mass is 35.5. The molecular weight excluding hydrogens is 226 g/mol. The second-order valence-corrected chi connectivity index (χ2v) is 5.01. The number of nitrogens with one attached hydrogen (secondary N) is 1. The largest absolute Gasteiger partial charge is 0.313 e. The van der Waals surface area contributed by atoms with Gasteiger partial charge >= 0.3 is 0 Å². The van der Waals surface area contributed by atoms with Crippen LogP contribution in [0.2, 0.25) is 0 Å². The Morgan fingerprint density at radius 2 is 2.07 bits per heavy atom. The van der Waals surface area contributed by atoms with E-state index in [1.165, 1.54) is 35.6 Å². The van der Waals surface area contributed by atoms with Crippen LogP contribution < -0.4 is 5.32 Å². The minimum absolute atomic E-state index is 0. The van der Waals surface area contributed by atoms with Gasteiger partial charge in [-0.05, 0) is 38.4 Å². The summed E-state index contributed by atoms with van der Waals surface area (Å²) in [5.74, 6) is 1.21. The molecule has 0 aromatic heterocycles. The summed E-state index contributed by atoms with van der Waals surface area (Å²) in [5.41, 5.74) is 1.34. The number of rotatable bonds is 3. The number of benzene rings is 1. The summed E-state index contributed by atoms with van der Waals surface area (Å²) in [4.78, 5) is 1.39. The Balaban J connectivity index is 0.00000112. The van der Waals surface area contributed by atoms with Crippen molar-refractivity contribution in [3.05, 3.63) is 29.8 Å². The molecule has 0 aliphatic carbocycles. The minimum atomic E-state index is 0. The summed E-state index contributed by atoms with van der Waals surface area (Å²) < 4.78 is 0. The molecule has 2 rings (SSSR count). The zero-order valence-corrected chi connectivity index (χ0v) is 10.7. The average molecular weight is 244 g/mol. The normalized spacial score (nSPS) is 19.9. The highest BCUT2D eigenvalue weighted by Gasteiger charge is 2.13. The lowest BCUT2D eigenvalue weighted by Crippen LogP contribution is -2.23. The van der Waals surface area contributed by atoms with Gasteiger partial charge < -0.3 is 5.32 Å². The lowest BCUT2D eigenvalue weighted by molar-refractivity contribution is 0.674. The molecule has 1 unspecified atom stereocenters. The summed E-state index contributed by atoms with van der Waals surface area (Å²) in [6.07, 6.45) is 2.69. The average Bonchev–Trinajstić information content (AvgIpc) is 2.70. The van der Waals surface area contributed by atoms with Crippen LogP contribution in [0.15, 0.2) is 29.2 Å². The molecule has 0 saturated carbocycles. The third kappa shape index (κ3) is 4.06. The fourth-order valence-corrected chi connectivity index (χ4v) is 2.74. The second kappa shape index (κ2) is 6.41. The number of hydrogen-bond donors (Lipinski definition) is 1. The Morgan fingerprint density at radius 3 is 2.67 bits per heavy atom. The highest BCUT2D eigenvalue weighted by molar-refractivity contribution is 7.99. The van der Waals surface area contributed by atoms with Gasteiger partial charge in [0.15, 0.2) is 0 Å². The number of thioether (sulfide) groups is 1. The van der Waals surface area contributed by atoms with Crippen LogP contribution in [0.3, 0.4) is 0 Å². The van der Waals surface area contributed by atoms with Gasteiger partial charge in [-0.3, -0.25) is 0 Å². The molecule has 1 fully saturated rings. The molecule has 84 valence electrons. The van der Waals surface area contributed by atoms with Crippen LogP contribution in [0, 0.1) is 6.92 Å². The molecule has 1 atom stereocenters. The molecule has 0 bridgehead atoms. The van der Waals surface area contributed by atoms with Gasteiger partial charge in [-0.15, -0.1) is 24.2 Å². The van der Waals surface area contributed by atoms with Crippen molar-refractivity contribution in [3.63, 3.8) is 0 Å². The van der Waals surface area contributed by atoms with Gasteiger partial charge in [-0.25, -0.2) is 0 Å². The third-order valence-electron chi connectivity index (χ3n) is 2.63. The van der Waals surface area contributed by atoms with E-state index in [0.29, 0.717) is 0 Å². The highest BCUT2D eigenvalue weighted by Crippen LogP contribution is 2.21. The van der Waals surface area contributed by atoms with Crippen molar-refractivity contribution in [2.24, 2.45) is 0 Å². The zero-order valence-electron chi connectivity index (χ0n) is 9.03. The fourth-order valence-electron chi connectivity index (χ4n) is 1.73. The van der Waals surface area contributed by atoms with Crippen molar-refractivity contribution in [2.45, 2.75) is 30.7 Å². The first-order chi connectivity index (χ1) is 6.84. The van der Waals surface area contributed by atoms with Crippen molar-refractivity contribution in [2.75, 3.05) is 12.3 Å². The van der Waals surface area contributed by atoms with E-state index in [9.17, 15) is 0 Å². The van der Waals surface area contributed by atoms with E-state index in [0.717, 1.165) is 6.04 Å². The quantitative estimate of drug-likeness (QED) is 0.818. The van der Waals surface area contributed by atoms with Gasteiger partial charge in [0.05, 0.1) is 0 Å². The van der Waals surface area contributed by atoms with E-state index in [1.54, 1.807) is 0 Å². The van der Waals surface area contributed by atoms with E-state index in [2.05, 4.69) is 36.5 Å². The maximum Gasteiger partial charge on any atom is 0.0162 e. The Kier molecular flexibility index (Phi) is 5.51.